The minimum Gasteiger partial charge on any atom is -0.455 e. The standard InChI is InChI=1S/C75H47BN6O/c1-4-19-51(20-5-1)73-77-74(52-21-6-2-7-22-52)79-75(78-73)53-41-45-63(82-62-29-14-10-26-58(62)70-66(82)46-44-57-56-25-11-17-34-69(56)83-72(57)70)59(47-53)50-37-35-48(36-38-50)49-39-42-55(43-40-49)81-65-31-16-13-28-61(65)76-60-27-12-15-30-64(60)80(54-23-8-3-9-24-54)67-32-18-33-68(81)71(67)76/h1-47H. The lowest BCUT2D eigenvalue weighted by atomic mass is 9.33. The number of hydrogen-bond acceptors (Lipinski definition) is 6. The molecular formula is C75H47BN6O. The van der Waals surface area contributed by atoms with Crippen LogP contribution in [0, 0.1) is 0 Å². The zero-order valence-electron chi connectivity index (χ0n) is 44.8. The summed E-state index contributed by atoms with van der Waals surface area (Å²) in [5, 5.41) is 4.41. The van der Waals surface area contributed by atoms with Crippen molar-refractivity contribution < 1.29 is 4.42 Å². The molecule has 7 nitrogen and oxygen atoms in total. The summed E-state index contributed by atoms with van der Waals surface area (Å²) in [6, 6.07) is 102. The minimum absolute atomic E-state index is 0.0853. The van der Waals surface area contributed by atoms with E-state index in [1.54, 1.807) is 0 Å². The lowest BCUT2D eigenvalue weighted by Gasteiger charge is -2.44. The maximum Gasteiger partial charge on any atom is 0.252 e. The van der Waals surface area contributed by atoms with Crippen molar-refractivity contribution >= 4 is 101 Å². The van der Waals surface area contributed by atoms with Crippen LogP contribution in [0.3, 0.4) is 0 Å². The van der Waals surface area contributed by atoms with Crippen molar-refractivity contribution in [3.05, 3.63) is 285 Å². The van der Waals surface area contributed by atoms with E-state index in [0.717, 1.165) is 99.8 Å². The second kappa shape index (κ2) is 18.8. The third kappa shape index (κ3) is 7.43. The van der Waals surface area contributed by atoms with Gasteiger partial charge in [0, 0.05) is 72.5 Å². The van der Waals surface area contributed by atoms with Crippen LogP contribution in [0.25, 0.3) is 106 Å². The first kappa shape index (κ1) is 46.8. The Hall–Kier alpha value is -11.1. The van der Waals surface area contributed by atoms with Crippen LogP contribution in [0.1, 0.15) is 0 Å². The molecule has 0 aliphatic carbocycles. The highest BCUT2D eigenvalue weighted by molar-refractivity contribution is 7.00. The van der Waals surface area contributed by atoms with Gasteiger partial charge in [-0.25, -0.2) is 15.0 Å². The van der Waals surface area contributed by atoms with E-state index >= 15 is 0 Å². The molecule has 0 radical (unpaired) electrons. The average molecular weight is 1060 g/mol. The number of benzene rings is 12. The highest BCUT2D eigenvalue weighted by atomic mass is 16.3. The molecule has 0 spiro atoms. The van der Waals surface area contributed by atoms with Gasteiger partial charge in [0.15, 0.2) is 17.5 Å². The SMILES string of the molecule is c1ccc(-c2nc(-c3ccccc3)nc(-c3ccc(-n4c5ccccc5c5c6oc7ccccc7c6ccc54)c(-c4ccc(-c5ccc(N6c7ccccc7B7c8ccccc8N(c8ccccc8)c8cccc6c87)cc5)cc4)c3)n2)cc1. The van der Waals surface area contributed by atoms with E-state index in [-0.39, 0.29) is 6.71 Å². The molecule has 0 N–H and O–H groups in total. The molecule has 0 unspecified atom stereocenters. The van der Waals surface area contributed by atoms with Gasteiger partial charge in [0.05, 0.1) is 22.1 Å². The molecule has 17 rings (SSSR count). The zero-order valence-corrected chi connectivity index (χ0v) is 44.8. The van der Waals surface area contributed by atoms with Gasteiger partial charge >= 0.3 is 0 Å². The van der Waals surface area contributed by atoms with Gasteiger partial charge in [-0.05, 0) is 124 Å². The Balaban J connectivity index is 0.797. The maximum atomic E-state index is 6.74. The number of furan rings is 1. The van der Waals surface area contributed by atoms with Gasteiger partial charge in [-0.15, -0.1) is 0 Å². The van der Waals surface area contributed by atoms with Crippen molar-refractivity contribution in [1.82, 2.24) is 19.5 Å². The van der Waals surface area contributed by atoms with E-state index in [0.29, 0.717) is 17.5 Å². The predicted octanol–water partition coefficient (Wildman–Crippen LogP) is 17.3. The molecule has 0 fully saturated rings. The van der Waals surface area contributed by atoms with Crippen molar-refractivity contribution in [3.63, 3.8) is 0 Å². The quantitative estimate of drug-likeness (QED) is 0.141. The number of hydrogen-bond donors (Lipinski definition) is 0. The molecule has 0 saturated carbocycles. The first-order chi connectivity index (χ1) is 41.2. The van der Waals surface area contributed by atoms with E-state index in [9.17, 15) is 0 Å². The van der Waals surface area contributed by atoms with Gasteiger partial charge in [0.1, 0.15) is 11.2 Å². The highest BCUT2D eigenvalue weighted by Crippen LogP contribution is 2.46. The van der Waals surface area contributed by atoms with Crippen LogP contribution in [-0.2, 0) is 0 Å². The maximum absolute atomic E-state index is 6.74. The third-order valence-electron chi connectivity index (χ3n) is 16.9. The summed E-state index contributed by atoms with van der Waals surface area (Å²) in [4.78, 5) is 20.3. The fourth-order valence-electron chi connectivity index (χ4n) is 13.1. The molecule has 0 saturated heterocycles. The van der Waals surface area contributed by atoms with Gasteiger partial charge in [0.2, 0.25) is 0 Å². The third-order valence-corrected chi connectivity index (χ3v) is 16.9. The van der Waals surface area contributed by atoms with Crippen LogP contribution < -0.4 is 26.2 Å². The molecular weight excluding hydrogens is 1010 g/mol. The van der Waals surface area contributed by atoms with Crippen molar-refractivity contribution in [2.45, 2.75) is 0 Å². The Morgan fingerprint density at radius 3 is 1.46 bits per heavy atom. The summed E-state index contributed by atoms with van der Waals surface area (Å²) in [7, 11) is 0. The average Bonchev–Trinajstić information content (AvgIpc) is 4.00. The predicted molar refractivity (Wildman–Crippen MR) is 343 cm³/mol. The summed E-state index contributed by atoms with van der Waals surface area (Å²) < 4.78 is 9.14. The lowest BCUT2D eigenvalue weighted by Crippen LogP contribution is -2.61. The first-order valence-electron chi connectivity index (χ1n) is 28.2. The van der Waals surface area contributed by atoms with Gasteiger partial charge in [0.25, 0.3) is 6.71 Å². The molecule has 15 aromatic rings. The highest BCUT2D eigenvalue weighted by Gasteiger charge is 2.42. The number of rotatable bonds is 8. The largest absolute Gasteiger partial charge is 0.455 e. The molecule has 0 amide bonds. The molecule has 5 heterocycles. The number of anilines is 6. The van der Waals surface area contributed by atoms with Crippen LogP contribution in [0.15, 0.2) is 290 Å². The fourth-order valence-corrected chi connectivity index (χ4v) is 13.1. The van der Waals surface area contributed by atoms with E-state index in [1.807, 2.05) is 66.7 Å². The van der Waals surface area contributed by atoms with Gasteiger partial charge in [-0.3, -0.25) is 0 Å². The summed E-state index contributed by atoms with van der Waals surface area (Å²) in [6.07, 6.45) is 0. The topological polar surface area (TPSA) is 63.2 Å². The van der Waals surface area contributed by atoms with Crippen molar-refractivity contribution in [2.75, 3.05) is 9.80 Å². The second-order valence-corrected chi connectivity index (χ2v) is 21.4. The Kier molecular flexibility index (Phi) is 10.6. The van der Waals surface area contributed by atoms with E-state index in [2.05, 4.69) is 233 Å². The second-order valence-electron chi connectivity index (χ2n) is 21.4. The van der Waals surface area contributed by atoms with Crippen LogP contribution in [0.4, 0.5) is 34.1 Å². The molecule has 3 aromatic heterocycles. The van der Waals surface area contributed by atoms with Gasteiger partial charge in [-0.1, -0.05) is 194 Å². The fraction of sp³-hybridized carbons (Fsp3) is 0. The Morgan fingerprint density at radius 1 is 0.313 bits per heavy atom. The van der Waals surface area contributed by atoms with E-state index in [4.69, 9.17) is 19.4 Å². The molecule has 83 heavy (non-hydrogen) atoms. The molecule has 0 bridgehead atoms. The van der Waals surface area contributed by atoms with Crippen molar-refractivity contribution in [1.29, 1.82) is 0 Å². The molecule has 12 aromatic carbocycles. The summed E-state index contributed by atoms with van der Waals surface area (Å²) >= 11 is 0. The Morgan fingerprint density at radius 2 is 0.807 bits per heavy atom. The molecule has 8 heteroatoms. The van der Waals surface area contributed by atoms with Crippen LogP contribution in [0.2, 0.25) is 0 Å². The summed E-state index contributed by atoms with van der Waals surface area (Å²) in [6.45, 7) is 0.0853. The number of para-hydroxylation sites is 5. The van der Waals surface area contributed by atoms with Gasteiger partial charge < -0.3 is 18.8 Å². The zero-order chi connectivity index (χ0) is 54.5. The summed E-state index contributed by atoms with van der Waals surface area (Å²) in [5.74, 6) is 1.82. The number of nitrogens with zero attached hydrogens (tertiary/aromatic N) is 6. The first-order valence-corrected chi connectivity index (χ1v) is 28.2. The van der Waals surface area contributed by atoms with E-state index in [1.165, 1.54) is 39.1 Å². The van der Waals surface area contributed by atoms with Crippen LogP contribution >= 0.6 is 0 Å². The Labute approximate surface area is 479 Å². The van der Waals surface area contributed by atoms with Crippen molar-refractivity contribution in [2.24, 2.45) is 0 Å². The van der Waals surface area contributed by atoms with Crippen LogP contribution in [0.5, 0.6) is 0 Å². The normalized spacial score (nSPS) is 12.5. The lowest BCUT2D eigenvalue weighted by molar-refractivity contribution is 0.673. The van der Waals surface area contributed by atoms with Crippen LogP contribution in [-0.4, -0.2) is 26.2 Å². The molecule has 2 aliphatic rings. The molecule has 0 atom stereocenters. The molecule has 386 valence electrons. The van der Waals surface area contributed by atoms with Crippen molar-refractivity contribution in [3.8, 4) is 62.1 Å². The number of aromatic nitrogens is 4. The summed E-state index contributed by atoms with van der Waals surface area (Å²) in [5.41, 5.74) is 22.9. The molecule has 2 aliphatic heterocycles. The smallest absolute Gasteiger partial charge is 0.252 e. The van der Waals surface area contributed by atoms with E-state index < -0.39 is 0 Å². The Bertz CT molecular complexity index is 4980. The minimum atomic E-state index is 0.0853. The number of fused-ring (bicyclic) bond motifs is 11. The monoisotopic (exact) mass is 1060 g/mol. The van der Waals surface area contributed by atoms with Gasteiger partial charge in [-0.2, -0.15) is 0 Å².